The summed E-state index contributed by atoms with van der Waals surface area (Å²) in [6, 6.07) is 0. The normalized spacial score (nSPS) is 12.2. The average Bonchev–Trinajstić information content (AvgIpc) is 2.75. The van der Waals surface area contributed by atoms with E-state index in [2.05, 4.69) is 6.92 Å². The molecule has 1 unspecified atom stereocenters. The first kappa shape index (κ1) is 35.7. The molecule has 1 atom stereocenters. The van der Waals surface area contributed by atoms with Crippen LogP contribution in [0.5, 0.6) is 0 Å². The number of ether oxygens (including phenoxy) is 2. The van der Waals surface area contributed by atoms with Gasteiger partial charge in [0.25, 0.3) is 10.1 Å². The molecule has 34 heavy (non-hydrogen) atoms. The van der Waals surface area contributed by atoms with E-state index in [1.807, 2.05) is 0 Å². The van der Waals surface area contributed by atoms with Crippen LogP contribution in [0.2, 0.25) is 0 Å². The van der Waals surface area contributed by atoms with Gasteiger partial charge in [0.2, 0.25) is 0 Å². The Kier molecular flexibility index (Phi) is 25.5. The van der Waals surface area contributed by atoms with Crippen molar-refractivity contribution < 1.29 is 37.1 Å². The van der Waals surface area contributed by atoms with Crippen molar-refractivity contribution in [3.8, 4) is 0 Å². The molecule has 0 bridgehead atoms. The summed E-state index contributed by atoms with van der Waals surface area (Å²) in [4.78, 5) is 22.2. The molecule has 0 saturated carbocycles. The molecule has 200 valence electrons. The number of carboxylic acids is 1. The predicted molar refractivity (Wildman–Crippen MR) is 137 cm³/mol. The molecule has 0 aliphatic carbocycles. The maximum Gasteiger partial charge on any atom is 0.327 e. The second kappa shape index (κ2) is 24.3. The predicted octanol–water partition coefficient (Wildman–Crippen LogP) is 4.62. The molecule has 10 heteroatoms. The van der Waals surface area contributed by atoms with Crippen molar-refractivity contribution in [2.24, 2.45) is 0 Å². The van der Waals surface area contributed by atoms with Gasteiger partial charge < -0.3 is 14.6 Å². The summed E-state index contributed by atoms with van der Waals surface area (Å²) in [6.07, 6.45) is 19.6. The summed E-state index contributed by atoms with van der Waals surface area (Å²) in [7, 11) is -4.83. The van der Waals surface area contributed by atoms with Gasteiger partial charge >= 0.3 is 35.0 Å². The van der Waals surface area contributed by atoms with Crippen molar-refractivity contribution in [1.29, 1.82) is 0 Å². The zero-order valence-electron chi connectivity index (χ0n) is 20.5. The van der Waals surface area contributed by atoms with Crippen molar-refractivity contribution in [1.82, 2.24) is 0 Å². The Morgan fingerprint density at radius 1 is 0.706 bits per heavy atom. The molecule has 0 amide bonds. The Labute approximate surface area is 222 Å². The number of unbranched alkanes of at least 4 members (excludes halogenated alkanes) is 15. The van der Waals surface area contributed by atoms with Crippen LogP contribution in [0.25, 0.3) is 0 Å². The minimum Gasteiger partial charge on any atom is -0.481 e. The number of hydrogen-bond donors (Lipinski definition) is 2. The number of carbonyl (C=O) groups excluding carboxylic acids is 1. The lowest BCUT2D eigenvalue weighted by Gasteiger charge is -2.11. The standard InChI is InChI=1S/C24H46O8S.Mg.2H/c1-2-3-4-5-6-7-8-9-10-11-12-13-14-15-16-17-18-31-19-20-32-24(27)22(21-23(25)26)33(28,29)30;;;/h22H,2-21H2,1H3,(H,25,26)(H,28,29,30);;;. The number of esters is 1. The van der Waals surface area contributed by atoms with Crippen LogP contribution in [0, 0.1) is 0 Å². The highest BCUT2D eigenvalue weighted by molar-refractivity contribution is 7.87. The minimum absolute atomic E-state index is 0. The second-order valence-corrected chi connectivity index (χ2v) is 10.3. The van der Waals surface area contributed by atoms with Gasteiger partial charge in [-0.2, -0.15) is 8.42 Å². The third-order valence-corrected chi connectivity index (χ3v) is 6.67. The summed E-state index contributed by atoms with van der Waals surface area (Å²) >= 11 is 0. The molecule has 0 heterocycles. The molecular weight excluding hydrogens is 473 g/mol. The summed E-state index contributed by atoms with van der Waals surface area (Å²) in [5.41, 5.74) is 0. The van der Waals surface area contributed by atoms with Crippen molar-refractivity contribution in [3.63, 3.8) is 0 Å². The lowest BCUT2D eigenvalue weighted by Crippen LogP contribution is -2.34. The highest BCUT2D eigenvalue weighted by atomic mass is 32.2. The first-order chi connectivity index (χ1) is 15.8. The van der Waals surface area contributed by atoms with E-state index in [1.54, 1.807) is 0 Å². The van der Waals surface area contributed by atoms with Gasteiger partial charge in [-0.15, -0.1) is 0 Å². The van der Waals surface area contributed by atoms with Crippen molar-refractivity contribution >= 4 is 45.1 Å². The molecule has 0 aromatic rings. The Hall–Kier alpha value is -0.424. The number of hydrogen-bond acceptors (Lipinski definition) is 6. The molecule has 0 fully saturated rings. The fourth-order valence-electron chi connectivity index (χ4n) is 3.62. The first-order valence-corrected chi connectivity index (χ1v) is 14.2. The van der Waals surface area contributed by atoms with Crippen LogP contribution in [0.3, 0.4) is 0 Å². The summed E-state index contributed by atoms with van der Waals surface area (Å²) in [5, 5.41) is 6.51. The molecule has 0 aliphatic heterocycles. The zero-order valence-corrected chi connectivity index (χ0v) is 21.3. The Morgan fingerprint density at radius 2 is 1.12 bits per heavy atom. The van der Waals surface area contributed by atoms with Gasteiger partial charge in [0.15, 0.2) is 5.25 Å². The monoisotopic (exact) mass is 520 g/mol. The fraction of sp³-hybridized carbons (Fsp3) is 0.917. The van der Waals surface area contributed by atoms with Gasteiger partial charge in [0.05, 0.1) is 13.0 Å². The molecule has 0 rings (SSSR count). The van der Waals surface area contributed by atoms with Crippen LogP contribution in [-0.2, 0) is 29.2 Å². The maximum atomic E-state index is 11.6. The van der Waals surface area contributed by atoms with Crippen molar-refractivity contribution in [2.75, 3.05) is 19.8 Å². The van der Waals surface area contributed by atoms with E-state index in [1.165, 1.54) is 89.9 Å². The summed E-state index contributed by atoms with van der Waals surface area (Å²) < 4.78 is 41.1. The number of rotatable bonds is 24. The topological polar surface area (TPSA) is 127 Å². The Morgan fingerprint density at radius 3 is 1.50 bits per heavy atom. The van der Waals surface area contributed by atoms with Gasteiger partial charge in [-0.25, -0.2) is 0 Å². The summed E-state index contributed by atoms with van der Waals surface area (Å²) in [6.45, 7) is 2.68. The Balaban J connectivity index is 0. The molecule has 0 aliphatic rings. The lowest BCUT2D eigenvalue weighted by molar-refractivity contribution is -0.148. The van der Waals surface area contributed by atoms with Crippen LogP contribution in [0.1, 0.15) is 116 Å². The molecule has 8 nitrogen and oxygen atoms in total. The first-order valence-electron chi connectivity index (χ1n) is 12.7. The molecule has 2 N–H and O–H groups in total. The summed E-state index contributed by atoms with van der Waals surface area (Å²) in [5.74, 6) is -2.81. The number of carbonyl (C=O) groups is 2. The number of aliphatic carboxylic acids is 1. The van der Waals surface area contributed by atoms with Crippen LogP contribution < -0.4 is 0 Å². The lowest BCUT2D eigenvalue weighted by atomic mass is 10.0. The average molecular weight is 521 g/mol. The zero-order chi connectivity index (χ0) is 24.8. The molecule has 0 saturated heterocycles. The molecular formula is C24H48MgO8S. The largest absolute Gasteiger partial charge is 0.481 e. The third kappa shape index (κ3) is 23.3. The third-order valence-electron chi connectivity index (χ3n) is 5.60. The van der Waals surface area contributed by atoms with Crippen LogP contribution >= 0.6 is 0 Å². The van der Waals surface area contributed by atoms with Gasteiger partial charge in [0.1, 0.15) is 6.61 Å². The quantitative estimate of drug-likeness (QED) is 0.0816. The number of carboxylic acid groups (broad SMARTS) is 1. The van der Waals surface area contributed by atoms with Crippen LogP contribution in [0.15, 0.2) is 0 Å². The van der Waals surface area contributed by atoms with E-state index in [0.717, 1.165) is 12.8 Å². The van der Waals surface area contributed by atoms with Gasteiger partial charge in [-0.3, -0.25) is 14.1 Å². The van der Waals surface area contributed by atoms with E-state index in [0.29, 0.717) is 6.61 Å². The van der Waals surface area contributed by atoms with Crippen molar-refractivity contribution in [2.45, 2.75) is 121 Å². The van der Waals surface area contributed by atoms with Crippen LogP contribution in [0.4, 0.5) is 0 Å². The van der Waals surface area contributed by atoms with E-state index < -0.39 is 33.7 Å². The molecule has 0 radical (unpaired) electrons. The SMILES string of the molecule is CCCCCCCCCCCCCCCCCCOCCOC(=O)C(CC(=O)O)S(=O)(=O)O.[MgH2]. The van der Waals surface area contributed by atoms with E-state index in [4.69, 9.17) is 19.1 Å². The van der Waals surface area contributed by atoms with E-state index in [-0.39, 0.29) is 36.3 Å². The van der Waals surface area contributed by atoms with Gasteiger partial charge in [0, 0.05) is 6.61 Å². The van der Waals surface area contributed by atoms with E-state index >= 15 is 0 Å². The molecule has 0 aromatic heterocycles. The highest BCUT2D eigenvalue weighted by Gasteiger charge is 2.34. The maximum absolute atomic E-state index is 11.6. The Bertz CT molecular complexity index is 598. The molecule has 0 spiro atoms. The molecule has 0 aromatic carbocycles. The smallest absolute Gasteiger partial charge is 0.327 e. The van der Waals surface area contributed by atoms with Crippen molar-refractivity contribution in [3.05, 3.63) is 0 Å². The van der Waals surface area contributed by atoms with Gasteiger partial charge in [-0.05, 0) is 6.42 Å². The second-order valence-electron chi connectivity index (χ2n) is 8.68. The van der Waals surface area contributed by atoms with Gasteiger partial charge in [-0.1, -0.05) is 103 Å². The highest BCUT2D eigenvalue weighted by Crippen LogP contribution is 2.13. The van der Waals surface area contributed by atoms with E-state index in [9.17, 15) is 18.0 Å². The fourth-order valence-corrected chi connectivity index (χ4v) is 4.28. The minimum atomic E-state index is -4.83. The van der Waals surface area contributed by atoms with Crippen LogP contribution in [-0.4, -0.2) is 78.1 Å².